The Morgan fingerprint density at radius 1 is 1.19 bits per heavy atom. The van der Waals surface area contributed by atoms with Crippen molar-refractivity contribution in [2.45, 2.75) is 44.3 Å². The number of aryl methyl sites for hydroxylation is 2. The van der Waals surface area contributed by atoms with Crippen LogP contribution < -0.4 is 11.1 Å². The number of anilines is 1. The summed E-state index contributed by atoms with van der Waals surface area (Å²) in [5, 5.41) is 9.46. The van der Waals surface area contributed by atoms with Crippen LogP contribution in [0.25, 0.3) is 0 Å². The molecule has 2 aromatic rings. The molecule has 0 unspecified atom stereocenters. The van der Waals surface area contributed by atoms with E-state index < -0.39 is 26.7 Å². The smallest absolute Gasteiger partial charge is 0.336 e. The van der Waals surface area contributed by atoms with E-state index >= 15 is 0 Å². The second kappa shape index (κ2) is 9.44. The average Bonchev–Trinajstić information content (AvgIpc) is 3.08. The quantitative estimate of drug-likeness (QED) is 0.591. The lowest BCUT2D eigenvalue weighted by molar-refractivity contribution is -0.368. The zero-order valence-corrected chi connectivity index (χ0v) is 15.7. The van der Waals surface area contributed by atoms with Crippen LogP contribution in [0.1, 0.15) is 37.6 Å². The van der Waals surface area contributed by atoms with Gasteiger partial charge in [0.1, 0.15) is 5.75 Å². The first-order valence-corrected chi connectivity index (χ1v) is 10.3. The maximum atomic E-state index is 12.3. The molecule has 2 rings (SSSR count). The fraction of sp³-hybridized carbons (Fsp3) is 0.471. The zero-order chi connectivity index (χ0) is 19.0. The number of hydrogen-bond donors (Lipinski definition) is 2. The van der Waals surface area contributed by atoms with Gasteiger partial charge in [-0.25, -0.2) is 8.42 Å². The Hall–Kier alpha value is -2.26. The van der Waals surface area contributed by atoms with Crippen molar-refractivity contribution in [2.75, 3.05) is 17.6 Å². The molecule has 0 aliphatic carbocycles. The number of sulfone groups is 1. The van der Waals surface area contributed by atoms with Gasteiger partial charge >= 0.3 is 5.22 Å². The number of quaternary nitrogens is 1. The Labute approximate surface area is 153 Å². The van der Waals surface area contributed by atoms with E-state index in [4.69, 9.17) is 4.42 Å². The molecule has 9 heteroatoms. The lowest BCUT2D eigenvalue weighted by Gasteiger charge is -2.09. The van der Waals surface area contributed by atoms with Crippen LogP contribution in [0.2, 0.25) is 0 Å². The first-order chi connectivity index (χ1) is 12.5. The second-order valence-electron chi connectivity index (χ2n) is 5.94. The number of carbonyl (C=O) groups excluding carboxylic acids is 1. The van der Waals surface area contributed by atoms with Gasteiger partial charge in [-0.15, -0.1) is 5.10 Å². The van der Waals surface area contributed by atoms with Crippen molar-refractivity contribution in [3.63, 3.8) is 0 Å². The Balaban J connectivity index is 1.97. The van der Waals surface area contributed by atoms with Gasteiger partial charge in [0.25, 0.3) is 0 Å². The lowest BCUT2D eigenvalue weighted by Crippen LogP contribution is -2.50. The van der Waals surface area contributed by atoms with E-state index in [9.17, 15) is 13.2 Å². The highest BCUT2D eigenvalue weighted by Gasteiger charge is 2.26. The number of para-hydroxylation sites is 1. The van der Waals surface area contributed by atoms with Gasteiger partial charge in [-0.1, -0.05) is 30.2 Å². The summed E-state index contributed by atoms with van der Waals surface area (Å²) in [6.07, 6.45) is 4.03. The molecule has 4 N–H and O–H groups in total. The Morgan fingerprint density at radius 2 is 1.96 bits per heavy atom. The third kappa shape index (κ3) is 5.63. The number of rotatable bonds is 10. The number of amides is 1. The van der Waals surface area contributed by atoms with E-state index in [0.29, 0.717) is 12.1 Å². The highest BCUT2D eigenvalue weighted by molar-refractivity contribution is 7.91. The number of nitrogens with zero attached hydrogens (tertiary/aromatic N) is 2. The van der Waals surface area contributed by atoms with E-state index in [1.165, 1.54) is 0 Å². The molecule has 1 aromatic heterocycles. The Kier molecular flexibility index (Phi) is 7.28. The summed E-state index contributed by atoms with van der Waals surface area (Å²) in [6.45, 7) is 2.82. The molecule has 0 radical (unpaired) electrons. The molecule has 142 valence electrons. The molecule has 0 bridgehead atoms. The summed E-state index contributed by atoms with van der Waals surface area (Å²) in [5.41, 5.74) is 5.30. The molecule has 0 fully saturated rings. The van der Waals surface area contributed by atoms with Crippen molar-refractivity contribution in [3.8, 4) is 0 Å². The second-order valence-corrected chi connectivity index (χ2v) is 7.81. The van der Waals surface area contributed by atoms with E-state index in [1.807, 2.05) is 19.1 Å². The molecule has 0 saturated carbocycles. The van der Waals surface area contributed by atoms with Crippen LogP contribution in [0.3, 0.4) is 0 Å². The van der Waals surface area contributed by atoms with E-state index in [1.54, 1.807) is 12.1 Å². The minimum Gasteiger partial charge on any atom is -0.413 e. The number of nitrogens with one attached hydrogen (secondary N) is 1. The third-order valence-electron chi connectivity index (χ3n) is 3.85. The van der Waals surface area contributed by atoms with Crippen LogP contribution >= 0.6 is 0 Å². The van der Waals surface area contributed by atoms with Crippen LogP contribution in [-0.4, -0.2) is 36.8 Å². The standard InChI is InChI=1S/C17H24N4O4S/c1-2-13-8-5-6-9-14(13)19-15(22)12-26(23,24)17-21-20-16(25-17)10-4-3-7-11-18/h5-6,8-9H,2-4,7,10-12,18H2,1H3,(H,19,22)/p+1. The number of carbonyl (C=O) groups is 1. The van der Waals surface area contributed by atoms with Crippen molar-refractivity contribution in [3.05, 3.63) is 35.7 Å². The van der Waals surface area contributed by atoms with Gasteiger partial charge in [-0.2, -0.15) is 0 Å². The molecule has 0 aliphatic rings. The monoisotopic (exact) mass is 381 g/mol. The predicted octanol–water partition coefficient (Wildman–Crippen LogP) is 0.999. The van der Waals surface area contributed by atoms with E-state index in [0.717, 1.165) is 37.8 Å². The average molecular weight is 381 g/mol. The lowest BCUT2D eigenvalue weighted by atomic mass is 10.1. The van der Waals surface area contributed by atoms with Gasteiger partial charge in [0.05, 0.1) is 6.54 Å². The van der Waals surface area contributed by atoms with Crippen LogP contribution in [0.5, 0.6) is 0 Å². The summed E-state index contributed by atoms with van der Waals surface area (Å²) >= 11 is 0. The van der Waals surface area contributed by atoms with Gasteiger partial charge < -0.3 is 15.5 Å². The summed E-state index contributed by atoms with van der Waals surface area (Å²) < 4.78 is 29.8. The predicted molar refractivity (Wildman–Crippen MR) is 96.1 cm³/mol. The molecule has 0 atom stereocenters. The summed E-state index contributed by atoms with van der Waals surface area (Å²) in [5.74, 6) is -1.11. The largest absolute Gasteiger partial charge is 0.413 e. The van der Waals surface area contributed by atoms with Crippen LogP contribution in [0.4, 0.5) is 5.69 Å². The molecular weight excluding hydrogens is 356 g/mol. The first kappa shape index (κ1) is 20.1. The number of aromatic nitrogens is 2. The summed E-state index contributed by atoms with van der Waals surface area (Å²) in [7, 11) is -3.98. The van der Waals surface area contributed by atoms with Crippen LogP contribution in [-0.2, 0) is 27.5 Å². The van der Waals surface area contributed by atoms with E-state index in [2.05, 4.69) is 21.2 Å². The highest BCUT2D eigenvalue weighted by atomic mass is 32.2. The van der Waals surface area contributed by atoms with Gasteiger partial charge in [0.2, 0.25) is 21.6 Å². The first-order valence-electron chi connectivity index (χ1n) is 8.68. The van der Waals surface area contributed by atoms with Crippen molar-refractivity contribution >= 4 is 21.4 Å². The molecule has 0 spiro atoms. The van der Waals surface area contributed by atoms with Crippen molar-refractivity contribution in [1.82, 2.24) is 10.2 Å². The Bertz CT molecular complexity index is 833. The van der Waals surface area contributed by atoms with Crippen molar-refractivity contribution in [2.24, 2.45) is 0 Å². The normalized spacial score (nSPS) is 11.5. The van der Waals surface area contributed by atoms with Gasteiger partial charge in [0.15, 0.2) is 0 Å². The van der Waals surface area contributed by atoms with Gasteiger partial charge in [-0.3, -0.25) is 4.79 Å². The molecule has 1 amide bonds. The topological polar surface area (TPSA) is 130 Å². The van der Waals surface area contributed by atoms with Crippen LogP contribution in [0.15, 0.2) is 33.9 Å². The summed E-state index contributed by atoms with van der Waals surface area (Å²) in [4.78, 5) is 12.1. The molecular formula is C17H25N4O4S+. The number of hydrogen-bond acceptors (Lipinski definition) is 6. The highest BCUT2D eigenvalue weighted by Crippen LogP contribution is 2.17. The minimum absolute atomic E-state index is 0.268. The molecule has 1 aromatic carbocycles. The van der Waals surface area contributed by atoms with Gasteiger partial charge in [-0.05, 0) is 37.3 Å². The summed E-state index contributed by atoms with van der Waals surface area (Å²) in [6, 6.07) is 7.26. The molecule has 8 nitrogen and oxygen atoms in total. The van der Waals surface area contributed by atoms with Crippen molar-refractivity contribution in [1.29, 1.82) is 0 Å². The Morgan fingerprint density at radius 3 is 2.69 bits per heavy atom. The maximum absolute atomic E-state index is 12.3. The fourth-order valence-corrected chi connectivity index (χ4v) is 3.40. The minimum atomic E-state index is -3.98. The van der Waals surface area contributed by atoms with Gasteiger partial charge in [0, 0.05) is 12.1 Å². The fourth-order valence-electron chi connectivity index (χ4n) is 2.47. The molecule has 0 aliphatic heterocycles. The van der Waals surface area contributed by atoms with Crippen LogP contribution in [0, 0.1) is 0 Å². The number of benzene rings is 1. The van der Waals surface area contributed by atoms with E-state index in [-0.39, 0.29) is 5.89 Å². The molecule has 0 saturated heterocycles. The molecule has 1 heterocycles. The maximum Gasteiger partial charge on any atom is 0.336 e. The van der Waals surface area contributed by atoms with Crippen molar-refractivity contribution < 1.29 is 23.4 Å². The zero-order valence-electron chi connectivity index (χ0n) is 14.9. The third-order valence-corrected chi connectivity index (χ3v) is 5.19. The number of unbranched alkanes of at least 4 members (excludes halogenated alkanes) is 2. The molecule has 26 heavy (non-hydrogen) atoms. The SMILES string of the molecule is CCc1ccccc1NC(=O)CS(=O)(=O)c1nnc(CCCCC[NH3+])o1.